The fourth-order valence-electron chi connectivity index (χ4n) is 1.14. The molecule has 0 spiro atoms. The van der Waals surface area contributed by atoms with Crippen molar-refractivity contribution in [1.82, 2.24) is 4.90 Å². The molecule has 0 fully saturated rings. The molecule has 0 radical (unpaired) electrons. The fraction of sp³-hybridized carbons (Fsp3) is 0.667. The lowest BCUT2D eigenvalue weighted by Crippen LogP contribution is -2.22. The molecule has 0 aromatic carbocycles. The van der Waals surface area contributed by atoms with Crippen LogP contribution in [0, 0.1) is 0 Å². The number of aliphatic imine (C=N–C) groups is 1. The second-order valence-electron chi connectivity index (χ2n) is 2.83. The fourth-order valence-corrected chi connectivity index (χ4v) is 1.14. The predicted molar refractivity (Wildman–Crippen MR) is 48.7 cm³/mol. The van der Waals surface area contributed by atoms with Crippen LogP contribution in [0.25, 0.3) is 0 Å². The maximum Gasteiger partial charge on any atom is 0.0527 e. The van der Waals surface area contributed by atoms with E-state index in [1.807, 2.05) is 12.4 Å². The molecule has 1 aliphatic rings. The third kappa shape index (κ3) is 3.21. The largest absolute Gasteiger partial charge is 0.371 e. The van der Waals surface area contributed by atoms with Crippen molar-refractivity contribution in [2.24, 2.45) is 4.99 Å². The van der Waals surface area contributed by atoms with Crippen LogP contribution < -0.4 is 0 Å². The summed E-state index contributed by atoms with van der Waals surface area (Å²) in [5.41, 5.74) is 0. The quantitative estimate of drug-likeness (QED) is 0.563. The van der Waals surface area contributed by atoms with E-state index >= 15 is 0 Å². The van der Waals surface area contributed by atoms with Crippen molar-refractivity contribution in [3.05, 3.63) is 12.4 Å². The summed E-state index contributed by atoms with van der Waals surface area (Å²) in [6, 6.07) is 0. The maximum absolute atomic E-state index is 4.01. The van der Waals surface area contributed by atoms with Crippen molar-refractivity contribution in [3.8, 4) is 0 Å². The smallest absolute Gasteiger partial charge is 0.0527 e. The Morgan fingerprint density at radius 1 is 1.45 bits per heavy atom. The normalized spacial score (nSPS) is 15.9. The molecule has 0 atom stereocenters. The summed E-state index contributed by atoms with van der Waals surface area (Å²) < 4.78 is 0. The number of nitrogens with zero attached hydrogens (tertiary/aromatic N) is 2. The molecule has 11 heavy (non-hydrogen) atoms. The van der Waals surface area contributed by atoms with Crippen molar-refractivity contribution < 1.29 is 0 Å². The van der Waals surface area contributed by atoms with Gasteiger partial charge in [-0.25, -0.2) is 0 Å². The number of hydrogen-bond acceptors (Lipinski definition) is 2. The highest BCUT2D eigenvalue weighted by molar-refractivity contribution is 5.61. The van der Waals surface area contributed by atoms with Crippen LogP contribution in [-0.2, 0) is 0 Å². The van der Waals surface area contributed by atoms with E-state index in [-0.39, 0.29) is 0 Å². The van der Waals surface area contributed by atoms with Crippen molar-refractivity contribution >= 4 is 6.21 Å². The number of unbranched alkanes of at least 4 members (excludes halogenated alkanes) is 2. The molecule has 0 aromatic heterocycles. The molecule has 0 amide bonds. The Labute approximate surface area is 68.6 Å². The number of hydrogen-bond donors (Lipinski definition) is 0. The van der Waals surface area contributed by atoms with Crippen LogP contribution in [-0.4, -0.2) is 24.2 Å². The Morgan fingerprint density at radius 3 is 3.00 bits per heavy atom. The Bertz CT molecular complexity index is 150. The maximum atomic E-state index is 4.01. The zero-order valence-corrected chi connectivity index (χ0v) is 7.16. The van der Waals surface area contributed by atoms with Gasteiger partial charge >= 0.3 is 0 Å². The lowest BCUT2D eigenvalue weighted by molar-refractivity contribution is 0.408. The van der Waals surface area contributed by atoms with E-state index in [4.69, 9.17) is 0 Å². The first kappa shape index (κ1) is 8.31. The first-order valence-corrected chi connectivity index (χ1v) is 4.36. The molecule has 0 bridgehead atoms. The van der Waals surface area contributed by atoms with Gasteiger partial charge in [-0.05, 0) is 6.42 Å². The average Bonchev–Trinajstić information content (AvgIpc) is 2.07. The molecular formula is C9H16N2. The van der Waals surface area contributed by atoms with Crippen LogP contribution in [0.3, 0.4) is 0 Å². The van der Waals surface area contributed by atoms with Crippen LogP contribution >= 0.6 is 0 Å². The van der Waals surface area contributed by atoms with Gasteiger partial charge < -0.3 is 4.90 Å². The van der Waals surface area contributed by atoms with Gasteiger partial charge in [-0.1, -0.05) is 19.8 Å². The van der Waals surface area contributed by atoms with Gasteiger partial charge in [0.15, 0.2) is 0 Å². The van der Waals surface area contributed by atoms with Gasteiger partial charge in [0.2, 0.25) is 0 Å². The topological polar surface area (TPSA) is 15.6 Å². The minimum Gasteiger partial charge on any atom is -0.371 e. The van der Waals surface area contributed by atoms with Crippen molar-refractivity contribution in [1.29, 1.82) is 0 Å². The van der Waals surface area contributed by atoms with E-state index in [0.29, 0.717) is 0 Å². The van der Waals surface area contributed by atoms with Crippen LogP contribution in [0.15, 0.2) is 17.4 Å². The molecule has 2 heteroatoms. The highest BCUT2D eigenvalue weighted by atomic mass is 15.1. The molecule has 1 aliphatic heterocycles. The van der Waals surface area contributed by atoms with Crippen LogP contribution in [0.1, 0.15) is 26.2 Å². The molecule has 0 aromatic rings. The highest BCUT2D eigenvalue weighted by Crippen LogP contribution is 2.00. The molecule has 0 saturated carbocycles. The van der Waals surface area contributed by atoms with E-state index in [2.05, 4.69) is 23.0 Å². The second-order valence-corrected chi connectivity index (χ2v) is 2.83. The summed E-state index contributed by atoms with van der Waals surface area (Å²) in [7, 11) is 0. The van der Waals surface area contributed by atoms with Crippen LogP contribution in [0.2, 0.25) is 0 Å². The Kier molecular flexibility index (Phi) is 3.73. The van der Waals surface area contributed by atoms with E-state index in [1.54, 1.807) is 0 Å². The second kappa shape index (κ2) is 4.94. The van der Waals surface area contributed by atoms with Gasteiger partial charge in [0.25, 0.3) is 0 Å². The third-order valence-corrected chi connectivity index (χ3v) is 1.83. The van der Waals surface area contributed by atoms with Gasteiger partial charge in [-0.2, -0.15) is 0 Å². The van der Waals surface area contributed by atoms with Crippen molar-refractivity contribution in [2.45, 2.75) is 26.2 Å². The van der Waals surface area contributed by atoms with Gasteiger partial charge in [-0.3, -0.25) is 4.99 Å². The molecule has 0 aliphatic carbocycles. The SMILES string of the molecule is CCCCCN1C=CN=CC1. The Hall–Kier alpha value is -0.790. The summed E-state index contributed by atoms with van der Waals surface area (Å²) in [5.74, 6) is 0. The van der Waals surface area contributed by atoms with Crippen LogP contribution in [0.4, 0.5) is 0 Å². The molecule has 2 nitrogen and oxygen atoms in total. The predicted octanol–water partition coefficient (Wildman–Crippen LogP) is 2.03. The lowest BCUT2D eigenvalue weighted by Gasteiger charge is -2.19. The van der Waals surface area contributed by atoms with Gasteiger partial charge in [0, 0.05) is 25.2 Å². The summed E-state index contributed by atoms with van der Waals surface area (Å²) in [4.78, 5) is 6.30. The van der Waals surface area contributed by atoms with E-state index < -0.39 is 0 Å². The highest BCUT2D eigenvalue weighted by Gasteiger charge is 1.97. The molecule has 1 rings (SSSR count). The Morgan fingerprint density at radius 2 is 2.36 bits per heavy atom. The zero-order chi connectivity index (χ0) is 7.94. The third-order valence-electron chi connectivity index (χ3n) is 1.83. The van der Waals surface area contributed by atoms with E-state index in [0.717, 1.165) is 6.54 Å². The Balaban J connectivity index is 2.07. The van der Waals surface area contributed by atoms with Crippen LogP contribution in [0.5, 0.6) is 0 Å². The zero-order valence-electron chi connectivity index (χ0n) is 7.16. The van der Waals surface area contributed by atoms with E-state index in [9.17, 15) is 0 Å². The van der Waals surface area contributed by atoms with Crippen molar-refractivity contribution in [3.63, 3.8) is 0 Å². The molecule has 1 heterocycles. The summed E-state index contributed by atoms with van der Waals surface area (Å²) >= 11 is 0. The summed E-state index contributed by atoms with van der Waals surface area (Å²) in [5, 5.41) is 0. The minimum atomic E-state index is 0.986. The van der Waals surface area contributed by atoms with Gasteiger partial charge in [0.1, 0.15) is 0 Å². The molecule has 62 valence electrons. The first-order chi connectivity index (χ1) is 5.43. The first-order valence-electron chi connectivity index (χ1n) is 4.36. The van der Waals surface area contributed by atoms with Crippen molar-refractivity contribution in [2.75, 3.05) is 13.1 Å². The summed E-state index contributed by atoms with van der Waals surface area (Å²) in [6.45, 7) is 4.39. The van der Waals surface area contributed by atoms with Gasteiger partial charge in [-0.15, -0.1) is 0 Å². The molecule has 0 N–H and O–H groups in total. The molecular weight excluding hydrogens is 136 g/mol. The standard InChI is InChI=1S/C9H16N2/c1-2-3-4-7-11-8-5-10-6-9-11/h5-6,8H,2-4,7,9H2,1H3. The minimum absolute atomic E-state index is 0.986. The average molecular weight is 152 g/mol. The monoisotopic (exact) mass is 152 g/mol. The summed E-state index contributed by atoms with van der Waals surface area (Å²) in [6.07, 6.45) is 9.80. The van der Waals surface area contributed by atoms with Gasteiger partial charge in [0.05, 0.1) is 6.54 Å². The van der Waals surface area contributed by atoms with E-state index in [1.165, 1.54) is 25.8 Å². The molecule has 0 saturated heterocycles. The number of rotatable bonds is 4. The lowest BCUT2D eigenvalue weighted by atomic mass is 10.2. The molecule has 0 unspecified atom stereocenters.